The smallest absolute Gasteiger partial charge is 0.0623 e. The Labute approximate surface area is 124 Å². The average molecular weight is 301 g/mol. The minimum Gasteiger partial charge on any atom is -0.398 e. The Morgan fingerprint density at radius 3 is 2.85 bits per heavy atom. The van der Waals surface area contributed by atoms with Crippen molar-refractivity contribution in [1.82, 2.24) is 0 Å². The van der Waals surface area contributed by atoms with Crippen LogP contribution in [0, 0.1) is 6.92 Å². The van der Waals surface area contributed by atoms with Crippen LogP contribution in [0.25, 0.3) is 10.1 Å². The molecule has 0 fully saturated rings. The van der Waals surface area contributed by atoms with Gasteiger partial charge < -0.3 is 5.73 Å². The zero-order valence-corrected chi connectivity index (χ0v) is 12.8. The number of nitrogens with two attached hydrogens (primary N) is 1. The number of benzene rings is 2. The third-order valence-electron chi connectivity index (χ3n) is 3.26. The van der Waals surface area contributed by atoms with Crippen molar-refractivity contribution in [2.75, 3.05) is 5.73 Å². The van der Waals surface area contributed by atoms with Gasteiger partial charge in [-0.05, 0) is 47.0 Å². The minimum absolute atomic E-state index is 0.512. The summed E-state index contributed by atoms with van der Waals surface area (Å²) in [5.74, 6) is 0.512. The van der Waals surface area contributed by atoms with E-state index in [9.17, 15) is 4.21 Å². The topological polar surface area (TPSA) is 43.1 Å². The molecule has 0 aliphatic carbocycles. The molecule has 1 atom stereocenters. The van der Waals surface area contributed by atoms with Crippen molar-refractivity contribution < 1.29 is 4.21 Å². The van der Waals surface area contributed by atoms with Gasteiger partial charge >= 0.3 is 0 Å². The van der Waals surface area contributed by atoms with Gasteiger partial charge in [-0.2, -0.15) is 0 Å². The predicted octanol–water partition coefficient (Wildman–Crippen LogP) is 4.10. The summed E-state index contributed by atoms with van der Waals surface area (Å²) >= 11 is 1.69. The number of anilines is 1. The molecule has 0 bridgehead atoms. The van der Waals surface area contributed by atoms with Gasteiger partial charge in [-0.15, -0.1) is 11.3 Å². The van der Waals surface area contributed by atoms with Crippen molar-refractivity contribution in [2.24, 2.45) is 0 Å². The van der Waals surface area contributed by atoms with Gasteiger partial charge in [0.25, 0.3) is 0 Å². The third kappa shape index (κ3) is 2.49. The molecule has 2 nitrogen and oxygen atoms in total. The van der Waals surface area contributed by atoms with Crippen molar-refractivity contribution in [3.05, 3.63) is 59.0 Å². The molecule has 20 heavy (non-hydrogen) atoms. The molecule has 2 aromatic carbocycles. The van der Waals surface area contributed by atoms with E-state index in [1.54, 1.807) is 11.3 Å². The molecule has 1 heterocycles. The Kier molecular flexibility index (Phi) is 3.59. The van der Waals surface area contributed by atoms with E-state index in [4.69, 9.17) is 5.73 Å². The van der Waals surface area contributed by atoms with Crippen molar-refractivity contribution in [2.45, 2.75) is 17.6 Å². The summed E-state index contributed by atoms with van der Waals surface area (Å²) in [4.78, 5) is 0.736. The SMILES string of the molecule is Cc1ccc(N)c(S(=O)Cc2csc3ccccc23)c1. The lowest BCUT2D eigenvalue weighted by molar-refractivity contribution is 0.683. The van der Waals surface area contributed by atoms with E-state index in [0.29, 0.717) is 11.4 Å². The first-order chi connectivity index (χ1) is 9.65. The zero-order valence-electron chi connectivity index (χ0n) is 11.1. The fourth-order valence-corrected chi connectivity index (χ4v) is 4.60. The Bertz CT molecular complexity index is 792. The minimum atomic E-state index is -1.11. The summed E-state index contributed by atoms with van der Waals surface area (Å²) in [6.45, 7) is 1.99. The van der Waals surface area contributed by atoms with Gasteiger partial charge in [0, 0.05) is 10.4 Å². The first-order valence-electron chi connectivity index (χ1n) is 6.35. The van der Waals surface area contributed by atoms with Crippen LogP contribution in [-0.2, 0) is 16.6 Å². The van der Waals surface area contributed by atoms with Gasteiger partial charge in [0.15, 0.2) is 0 Å². The van der Waals surface area contributed by atoms with E-state index >= 15 is 0 Å². The number of thiophene rings is 1. The fraction of sp³-hybridized carbons (Fsp3) is 0.125. The highest BCUT2D eigenvalue weighted by Crippen LogP contribution is 2.28. The van der Waals surface area contributed by atoms with Crippen LogP contribution in [0.5, 0.6) is 0 Å². The summed E-state index contributed by atoms with van der Waals surface area (Å²) in [5, 5.41) is 3.28. The Morgan fingerprint density at radius 2 is 2.00 bits per heavy atom. The standard InChI is InChI=1S/C16H15NOS2/c1-11-6-7-14(17)16(8-11)20(18)10-12-9-19-15-5-3-2-4-13(12)15/h2-9H,10,17H2,1H3. The van der Waals surface area contributed by atoms with Crippen LogP contribution in [0.3, 0.4) is 0 Å². The van der Waals surface area contributed by atoms with Gasteiger partial charge in [-0.25, -0.2) is 0 Å². The summed E-state index contributed by atoms with van der Waals surface area (Å²) < 4.78 is 13.8. The van der Waals surface area contributed by atoms with Crippen LogP contribution >= 0.6 is 11.3 Å². The normalized spacial score (nSPS) is 12.7. The number of nitrogen functional groups attached to an aromatic ring is 1. The van der Waals surface area contributed by atoms with Gasteiger partial charge in [0.1, 0.15) is 0 Å². The number of hydrogen-bond donors (Lipinski definition) is 1. The molecule has 3 rings (SSSR count). The van der Waals surface area contributed by atoms with Crippen LogP contribution in [0.2, 0.25) is 0 Å². The molecule has 0 spiro atoms. The maximum atomic E-state index is 12.6. The first kappa shape index (κ1) is 13.3. The first-order valence-corrected chi connectivity index (χ1v) is 8.54. The monoisotopic (exact) mass is 301 g/mol. The molecule has 0 aliphatic heterocycles. The molecule has 0 amide bonds. The molecule has 1 aromatic heterocycles. The molecule has 2 N–H and O–H groups in total. The fourth-order valence-electron chi connectivity index (χ4n) is 2.20. The highest BCUT2D eigenvalue weighted by molar-refractivity contribution is 7.84. The van der Waals surface area contributed by atoms with Gasteiger partial charge in [-0.1, -0.05) is 24.3 Å². The second-order valence-electron chi connectivity index (χ2n) is 4.79. The molecule has 0 saturated heterocycles. The molecule has 4 heteroatoms. The van der Waals surface area contributed by atoms with Gasteiger partial charge in [0.05, 0.1) is 21.4 Å². The third-order valence-corrected chi connectivity index (χ3v) is 5.69. The van der Waals surface area contributed by atoms with Gasteiger partial charge in [-0.3, -0.25) is 4.21 Å². The van der Waals surface area contributed by atoms with Crippen molar-refractivity contribution in [3.63, 3.8) is 0 Å². The number of hydrogen-bond acceptors (Lipinski definition) is 3. The molecular formula is C16H15NOS2. The second-order valence-corrected chi connectivity index (χ2v) is 7.12. The van der Waals surface area contributed by atoms with Crippen molar-refractivity contribution in [3.8, 4) is 0 Å². The lowest BCUT2D eigenvalue weighted by atomic mass is 10.2. The predicted molar refractivity (Wildman–Crippen MR) is 87.5 cm³/mol. The Balaban J connectivity index is 1.94. The zero-order chi connectivity index (χ0) is 14.1. The summed E-state index contributed by atoms with van der Waals surface area (Å²) in [6, 6.07) is 13.9. The van der Waals surface area contributed by atoms with Gasteiger partial charge in [0.2, 0.25) is 0 Å². The van der Waals surface area contributed by atoms with E-state index < -0.39 is 10.8 Å². The highest BCUT2D eigenvalue weighted by atomic mass is 32.2. The molecule has 0 saturated carbocycles. The molecule has 0 radical (unpaired) electrons. The maximum Gasteiger partial charge on any atom is 0.0623 e. The van der Waals surface area contributed by atoms with Crippen LogP contribution < -0.4 is 5.73 Å². The van der Waals surface area contributed by atoms with E-state index in [2.05, 4.69) is 17.5 Å². The van der Waals surface area contributed by atoms with Crippen molar-refractivity contribution in [1.29, 1.82) is 0 Å². The molecule has 102 valence electrons. The van der Waals surface area contributed by atoms with Crippen LogP contribution in [0.4, 0.5) is 5.69 Å². The van der Waals surface area contributed by atoms with Crippen LogP contribution in [-0.4, -0.2) is 4.21 Å². The van der Waals surface area contributed by atoms with E-state index in [1.807, 2.05) is 37.3 Å². The average Bonchev–Trinajstić information content (AvgIpc) is 2.85. The highest BCUT2D eigenvalue weighted by Gasteiger charge is 2.12. The number of rotatable bonds is 3. The molecule has 0 aliphatic rings. The number of aryl methyl sites for hydroxylation is 1. The Hall–Kier alpha value is -1.65. The summed E-state index contributed by atoms with van der Waals surface area (Å²) in [7, 11) is -1.11. The van der Waals surface area contributed by atoms with Crippen LogP contribution in [0.15, 0.2) is 52.7 Å². The second kappa shape index (κ2) is 5.38. The van der Waals surface area contributed by atoms with E-state index in [-0.39, 0.29) is 0 Å². The van der Waals surface area contributed by atoms with Crippen LogP contribution in [0.1, 0.15) is 11.1 Å². The maximum absolute atomic E-state index is 12.6. The molecule has 3 aromatic rings. The molecular weight excluding hydrogens is 286 g/mol. The lowest BCUT2D eigenvalue weighted by Gasteiger charge is -2.06. The van der Waals surface area contributed by atoms with E-state index in [0.717, 1.165) is 16.0 Å². The molecule has 1 unspecified atom stereocenters. The summed E-state index contributed by atoms with van der Waals surface area (Å²) in [6.07, 6.45) is 0. The number of fused-ring (bicyclic) bond motifs is 1. The van der Waals surface area contributed by atoms with Crippen molar-refractivity contribution >= 4 is 37.9 Å². The lowest BCUT2D eigenvalue weighted by Crippen LogP contribution is -2.01. The van der Waals surface area contributed by atoms with E-state index in [1.165, 1.54) is 10.1 Å². The largest absolute Gasteiger partial charge is 0.398 e. The summed E-state index contributed by atoms with van der Waals surface area (Å²) in [5.41, 5.74) is 8.76. The Morgan fingerprint density at radius 1 is 1.20 bits per heavy atom. The quantitative estimate of drug-likeness (QED) is 0.740.